The van der Waals surface area contributed by atoms with Crippen molar-refractivity contribution >= 4 is 79.7 Å². The summed E-state index contributed by atoms with van der Waals surface area (Å²) < 4.78 is 0. The van der Waals surface area contributed by atoms with E-state index in [2.05, 4.69) is 20.6 Å². The number of carbonyl (C=O) groups is 4. The first-order valence-electron chi connectivity index (χ1n) is 6.94. The zero-order valence-electron chi connectivity index (χ0n) is 14.9. The van der Waals surface area contributed by atoms with Gasteiger partial charge in [-0.2, -0.15) is 0 Å². The van der Waals surface area contributed by atoms with Gasteiger partial charge in [0.25, 0.3) is 11.8 Å². The molecule has 0 aliphatic heterocycles. The van der Waals surface area contributed by atoms with Gasteiger partial charge < -0.3 is 19.8 Å². The summed E-state index contributed by atoms with van der Waals surface area (Å²) in [6.45, 7) is 7.23. The van der Waals surface area contributed by atoms with Crippen molar-refractivity contribution in [2.75, 3.05) is 10.6 Å². The van der Waals surface area contributed by atoms with Crippen molar-refractivity contribution in [3.8, 4) is 0 Å². The predicted octanol–water partition coefficient (Wildman–Crippen LogP) is -1.48. The fraction of sp³-hybridized carbons (Fsp3) is 0.286. The van der Waals surface area contributed by atoms with Gasteiger partial charge in [0.2, 0.25) is 0 Å². The van der Waals surface area contributed by atoms with Crippen LogP contribution in [0.3, 0.4) is 0 Å². The minimum Gasteiger partial charge on any atom is -0.540 e. The number of carbonyl (C=O) groups excluding carboxylic acids is 4. The number of carboxylic acid groups (broad SMARTS) is 2. The first-order valence-corrected chi connectivity index (χ1v) is 8.57. The van der Waals surface area contributed by atoms with E-state index in [0.717, 1.165) is 21.1 Å². The molecule has 0 radical (unpaired) electrons. The molecule has 0 fully saturated rings. The smallest absolute Gasteiger partial charge is 0.540 e. The Morgan fingerprint density at radius 2 is 1.04 bits per heavy atom. The maximum absolute atomic E-state index is 10.6. The van der Waals surface area contributed by atoms with Gasteiger partial charge in [-0.05, 0) is 27.7 Å². The number of nitrogens with zero attached hydrogens (tertiary/aromatic N) is 2. The summed E-state index contributed by atoms with van der Waals surface area (Å²) in [5, 5.41) is 24.9. The number of nitrogens with one attached hydrogen (secondary N) is 2. The molecular weight excluding hydrogens is 409 g/mol. The Kier molecular flexibility index (Phi) is 10.1. The molecule has 0 spiro atoms. The number of hydrogen-bond acceptors (Lipinski definition) is 10. The van der Waals surface area contributed by atoms with E-state index in [0.29, 0.717) is 0 Å². The van der Waals surface area contributed by atoms with Crippen LogP contribution in [0.4, 0.5) is 10.3 Å². The van der Waals surface area contributed by atoms with E-state index >= 15 is 0 Å². The predicted molar refractivity (Wildman–Crippen MR) is 96.2 cm³/mol. The fourth-order valence-corrected chi connectivity index (χ4v) is 2.97. The van der Waals surface area contributed by atoms with E-state index in [9.17, 15) is 29.4 Å². The molecule has 2 aromatic heterocycles. The van der Waals surface area contributed by atoms with Gasteiger partial charge in [-0.15, -0.1) is 22.7 Å². The summed E-state index contributed by atoms with van der Waals surface area (Å²) in [7, 11) is 0. The van der Waals surface area contributed by atoms with E-state index in [1.54, 1.807) is 13.8 Å². The summed E-state index contributed by atoms with van der Waals surface area (Å²) in [6, 6.07) is 0. The van der Waals surface area contributed by atoms with Gasteiger partial charge in [0.15, 0.2) is 10.3 Å². The Balaban J connectivity index is 0.000000483. The quantitative estimate of drug-likeness (QED) is 0.436. The molecule has 2 aromatic rings. The number of anilines is 2. The number of hydrogen-bond donors (Lipinski definition) is 2. The van der Waals surface area contributed by atoms with Crippen molar-refractivity contribution in [2.24, 2.45) is 0 Å². The normalized spacial score (nSPS) is 9.33. The molecule has 2 amide bonds. The Labute approximate surface area is 178 Å². The van der Waals surface area contributed by atoms with Crippen LogP contribution in [0.5, 0.6) is 0 Å². The summed E-state index contributed by atoms with van der Waals surface area (Å²) >= 11 is 2.45. The maximum atomic E-state index is 10.6. The largest absolute Gasteiger partial charge is 2.00 e. The number of aryl methyl sites for hydroxylation is 4. The molecule has 140 valence electrons. The number of aromatic nitrogens is 2. The van der Waals surface area contributed by atoms with E-state index in [1.165, 1.54) is 22.7 Å². The van der Waals surface area contributed by atoms with Crippen LogP contribution in [0.25, 0.3) is 0 Å². The molecule has 2 N–H and O–H groups in total. The number of thiazole rings is 2. The van der Waals surface area contributed by atoms with Crippen LogP contribution < -0.4 is 20.8 Å². The second kappa shape index (κ2) is 10.9. The topological polar surface area (TPSA) is 164 Å². The molecule has 27 heavy (non-hydrogen) atoms. The minimum absolute atomic E-state index is 0. The van der Waals surface area contributed by atoms with Crippen LogP contribution in [0, 0.1) is 27.7 Å². The third-order valence-electron chi connectivity index (χ3n) is 2.87. The Bertz CT molecular complexity index is 755. The van der Waals surface area contributed by atoms with Crippen LogP contribution in [0.1, 0.15) is 21.1 Å². The van der Waals surface area contributed by atoms with Gasteiger partial charge >= 0.3 is 23.1 Å². The monoisotopic (exact) mass is 422 g/mol. The average Bonchev–Trinajstić information content (AvgIpc) is 3.01. The van der Waals surface area contributed by atoms with Crippen molar-refractivity contribution in [1.29, 1.82) is 0 Å². The summed E-state index contributed by atoms with van der Waals surface area (Å²) in [5.74, 6) is -5.86. The zero-order valence-corrected chi connectivity index (χ0v) is 17.9. The first kappa shape index (κ1) is 24.9. The Morgan fingerprint density at radius 3 is 1.22 bits per heavy atom. The van der Waals surface area contributed by atoms with E-state index in [4.69, 9.17) is 0 Å². The first-order chi connectivity index (χ1) is 12.0. The van der Waals surface area contributed by atoms with Crippen molar-refractivity contribution in [1.82, 2.24) is 9.97 Å². The molecule has 0 aromatic carbocycles. The van der Waals surface area contributed by atoms with Crippen molar-refractivity contribution < 1.29 is 29.4 Å². The van der Waals surface area contributed by atoms with Crippen molar-refractivity contribution in [3.05, 3.63) is 21.1 Å². The van der Waals surface area contributed by atoms with Crippen LogP contribution in [0.2, 0.25) is 0 Å². The molecule has 0 aliphatic rings. The van der Waals surface area contributed by atoms with E-state index in [-0.39, 0.29) is 33.3 Å². The molecule has 2 rings (SSSR count). The minimum atomic E-state index is -1.76. The SMILES string of the molecule is Cc1nc(NC(=O)C(=O)[O-])sc1C.Cc1nc(NC(=O)C(=O)[O-])sc1C.[Mg+2]. The Morgan fingerprint density at radius 1 is 0.741 bits per heavy atom. The van der Waals surface area contributed by atoms with Gasteiger partial charge in [-0.3, -0.25) is 20.2 Å². The van der Waals surface area contributed by atoms with Crippen molar-refractivity contribution in [2.45, 2.75) is 27.7 Å². The summed E-state index contributed by atoms with van der Waals surface area (Å²) in [5.41, 5.74) is 1.55. The second-order valence-electron chi connectivity index (χ2n) is 4.80. The van der Waals surface area contributed by atoms with E-state index < -0.39 is 23.8 Å². The third kappa shape index (κ3) is 7.98. The Hall–Kier alpha value is -2.09. The molecule has 0 saturated carbocycles. The molecule has 0 bridgehead atoms. The molecule has 0 atom stereocenters. The van der Waals surface area contributed by atoms with Crippen LogP contribution >= 0.6 is 22.7 Å². The molecule has 10 nitrogen and oxygen atoms in total. The van der Waals surface area contributed by atoms with E-state index in [1.807, 2.05) is 13.8 Å². The number of aliphatic carboxylic acids is 2. The van der Waals surface area contributed by atoms with Gasteiger partial charge in [0.05, 0.1) is 11.4 Å². The molecule has 13 heteroatoms. The molecule has 0 aliphatic carbocycles. The summed E-state index contributed by atoms with van der Waals surface area (Å²) in [4.78, 5) is 51.1. The number of rotatable bonds is 2. The second-order valence-corrected chi connectivity index (χ2v) is 7.21. The van der Waals surface area contributed by atoms with Gasteiger partial charge in [-0.1, -0.05) is 0 Å². The third-order valence-corrected chi connectivity index (χ3v) is 4.85. The fourth-order valence-electron chi connectivity index (χ4n) is 1.35. The number of amides is 2. The van der Waals surface area contributed by atoms with Crippen molar-refractivity contribution in [3.63, 3.8) is 0 Å². The number of carboxylic acids is 2. The standard InChI is InChI=1S/2C7H8N2O3S.Mg/c2*1-3-4(2)13-7(8-3)9-5(10)6(11)12;/h2*1-2H3,(H,11,12)(H,8,9,10);/q;;+2/p-2. The maximum Gasteiger partial charge on any atom is 2.00 e. The average molecular weight is 423 g/mol. The van der Waals surface area contributed by atoms with Crippen LogP contribution in [0.15, 0.2) is 0 Å². The van der Waals surface area contributed by atoms with Crippen LogP contribution in [-0.4, -0.2) is 56.8 Å². The molecule has 0 unspecified atom stereocenters. The van der Waals surface area contributed by atoms with Gasteiger partial charge in [-0.25, -0.2) is 9.97 Å². The zero-order chi connectivity index (χ0) is 20.0. The van der Waals surface area contributed by atoms with Gasteiger partial charge in [0.1, 0.15) is 11.9 Å². The molecular formula is C14H14MgN4O6S2. The summed E-state index contributed by atoms with van der Waals surface area (Å²) in [6.07, 6.45) is 0. The molecule has 2 heterocycles. The van der Waals surface area contributed by atoms with Gasteiger partial charge in [0, 0.05) is 9.75 Å². The van der Waals surface area contributed by atoms with Crippen LogP contribution in [-0.2, 0) is 19.2 Å². The molecule has 0 saturated heterocycles.